The fourth-order valence-electron chi connectivity index (χ4n) is 1.75. The molecule has 0 saturated carbocycles. The van der Waals surface area contributed by atoms with E-state index >= 15 is 0 Å². The quantitative estimate of drug-likeness (QED) is 0.852. The third-order valence-corrected chi connectivity index (χ3v) is 2.74. The van der Waals surface area contributed by atoms with Gasteiger partial charge in [-0.2, -0.15) is 0 Å². The molecule has 0 saturated heterocycles. The molecule has 5 nitrogen and oxygen atoms in total. The maximum Gasteiger partial charge on any atom is 0.283 e. The van der Waals surface area contributed by atoms with E-state index in [4.69, 9.17) is 8.83 Å². The largest absolute Gasteiger partial charge is 0.456 e. The average Bonchev–Trinajstić information content (AvgIpc) is 2.99. The van der Waals surface area contributed by atoms with Crippen LogP contribution >= 0.6 is 0 Å². The molecule has 0 radical (unpaired) electrons. The van der Waals surface area contributed by atoms with Gasteiger partial charge in [0, 0.05) is 0 Å². The Labute approximate surface area is 107 Å². The summed E-state index contributed by atoms with van der Waals surface area (Å²) >= 11 is 0. The van der Waals surface area contributed by atoms with Crippen molar-refractivity contribution in [3.8, 4) is 11.7 Å². The second-order valence-corrected chi connectivity index (χ2v) is 4.27. The van der Waals surface area contributed by atoms with Gasteiger partial charge < -0.3 is 14.2 Å². The van der Waals surface area contributed by atoms with Crippen molar-refractivity contribution < 1.29 is 8.83 Å². The van der Waals surface area contributed by atoms with Crippen LogP contribution in [0, 0.1) is 6.92 Å². The van der Waals surface area contributed by atoms with Crippen LogP contribution in [-0.2, 0) is 0 Å². The van der Waals surface area contributed by atoms with E-state index in [-0.39, 0.29) is 6.04 Å². The number of nitrogens with zero attached hydrogens (tertiary/aromatic N) is 2. The molecule has 18 heavy (non-hydrogen) atoms. The van der Waals surface area contributed by atoms with Gasteiger partial charge in [-0.15, -0.1) is 10.2 Å². The zero-order valence-corrected chi connectivity index (χ0v) is 11.1. The number of aryl methyl sites for hydroxylation is 1. The van der Waals surface area contributed by atoms with E-state index in [2.05, 4.69) is 29.4 Å². The molecule has 2 aromatic heterocycles. The Morgan fingerprint density at radius 3 is 2.67 bits per heavy atom. The van der Waals surface area contributed by atoms with Crippen molar-refractivity contribution >= 4 is 0 Å². The SMILES string of the molecule is CCCNC(CC)c1nnc(-c2ccc(C)o2)o1. The van der Waals surface area contributed by atoms with Crippen molar-refractivity contribution in [2.24, 2.45) is 0 Å². The van der Waals surface area contributed by atoms with Crippen molar-refractivity contribution in [2.45, 2.75) is 39.7 Å². The van der Waals surface area contributed by atoms with Crippen molar-refractivity contribution in [3.05, 3.63) is 23.8 Å². The zero-order chi connectivity index (χ0) is 13.0. The van der Waals surface area contributed by atoms with E-state index in [1.165, 1.54) is 0 Å². The number of rotatable bonds is 6. The van der Waals surface area contributed by atoms with Crippen molar-refractivity contribution in [1.29, 1.82) is 0 Å². The highest BCUT2D eigenvalue weighted by Crippen LogP contribution is 2.23. The molecule has 0 amide bonds. The Morgan fingerprint density at radius 1 is 1.22 bits per heavy atom. The van der Waals surface area contributed by atoms with E-state index in [0.717, 1.165) is 25.1 Å². The Balaban J connectivity index is 2.13. The Hall–Kier alpha value is -1.62. The topological polar surface area (TPSA) is 64.1 Å². The first kappa shape index (κ1) is 12.8. The molecule has 1 N–H and O–H groups in total. The monoisotopic (exact) mass is 249 g/mol. The molecule has 2 rings (SSSR count). The van der Waals surface area contributed by atoms with Crippen LogP contribution in [0.5, 0.6) is 0 Å². The molecule has 5 heteroatoms. The van der Waals surface area contributed by atoms with Gasteiger partial charge in [-0.3, -0.25) is 0 Å². The Morgan fingerprint density at radius 2 is 2.06 bits per heavy atom. The molecule has 0 aliphatic rings. The van der Waals surface area contributed by atoms with Gasteiger partial charge >= 0.3 is 0 Å². The first-order valence-electron chi connectivity index (χ1n) is 6.38. The summed E-state index contributed by atoms with van der Waals surface area (Å²) in [7, 11) is 0. The van der Waals surface area contributed by atoms with Crippen LogP contribution < -0.4 is 5.32 Å². The van der Waals surface area contributed by atoms with Crippen LogP contribution in [0.1, 0.15) is 44.4 Å². The fourth-order valence-corrected chi connectivity index (χ4v) is 1.75. The third kappa shape index (κ3) is 2.79. The minimum absolute atomic E-state index is 0.113. The second-order valence-electron chi connectivity index (χ2n) is 4.27. The lowest BCUT2D eigenvalue weighted by Crippen LogP contribution is -2.21. The molecule has 0 aromatic carbocycles. The number of furan rings is 1. The van der Waals surface area contributed by atoms with Crippen LogP contribution in [0.25, 0.3) is 11.7 Å². The van der Waals surface area contributed by atoms with Gasteiger partial charge in [0.15, 0.2) is 5.76 Å². The van der Waals surface area contributed by atoms with Gasteiger partial charge in [0.2, 0.25) is 5.89 Å². The smallest absolute Gasteiger partial charge is 0.283 e. The first-order chi connectivity index (χ1) is 8.74. The summed E-state index contributed by atoms with van der Waals surface area (Å²) in [4.78, 5) is 0. The molecule has 1 atom stereocenters. The minimum Gasteiger partial charge on any atom is -0.456 e. The molecule has 0 bridgehead atoms. The molecule has 98 valence electrons. The van der Waals surface area contributed by atoms with Gasteiger partial charge in [0.05, 0.1) is 6.04 Å². The first-order valence-corrected chi connectivity index (χ1v) is 6.38. The lowest BCUT2D eigenvalue weighted by Gasteiger charge is -2.11. The molecule has 0 aliphatic heterocycles. The highest BCUT2D eigenvalue weighted by molar-refractivity contribution is 5.43. The average molecular weight is 249 g/mol. The van der Waals surface area contributed by atoms with Gasteiger partial charge in [-0.25, -0.2) is 0 Å². The standard InChI is InChI=1S/C13H19N3O2/c1-4-8-14-10(5-2)12-15-16-13(18-12)11-7-6-9(3)17-11/h6-7,10,14H,4-5,8H2,1-3H3. The summed E-state index contributed by atoms with van der Waals surface area (Å²) in [5.74, 6) is 2.52. The maximum absolute atomic E-state index is 5.65. The maximum atomic E-state index is 5.65. The summed E-state index contributed by atoms with van der Waals surface area (Å²) in [6.07, 6.45) is 1.99. The normalized spacial score (nSPS) is 12.8. The lowest BCUT2D eigenvalue weighted by atomic mass is 10.2. The predicted octanol–water partition coefficient (Wildman–Crippen LogP) is 3.09. The predicted molar refractivity (Wildman–Crippen MR) is 68.1 cm³/mol. The third-order valence-electron chi connectivity index (χ3n) is 2.74. The van der Waals surface area contributed by atoms with Crippen LogP contribution in [0.15, 0.2) is 21.0 Å². The number of aromatic nitrogens is 2. The van der Waals surface area contributed by atoms with Crippen LogP contribution in [0.4, 0.5) is 0 Å². The van der Waals surface area contributed by atoms with E-state index in [1.54, 1.807) is 0 Å². The summed E-state index contributed by atoms with van der Waals surface area (Å²) < 4.78 is 11.1. The molecule has 0 fully saturated rings. The van der Waals surface area contributed by atoms with Crippen molar-refractivity contribution in [1.82, 2.24) is 15.5 Å². The molecule has 0 spiro atoms. The van der Waals surface area contributed by atoms with E-state index in [1.807, 2.05) is 19.1 Å². The minimum atomic E-state index is 0.113. The molecule has 0 aliphatic carbocycles. The van der Waals surface area contributed by atoms with Crippen LogP contribution in [0.3, 0.4) is 0 Å². The zero-order valence-electron chi connectivity index (χ0n) is 11.1. The highest BCUT2D eigenvalue weighted by atomic mass is 16.4. The molecular weight excluding hydrogens is 230 g/mol. The van der Waals surface area contributed by atoms with Gasteiger partial charge in [0.25, 0.3) is 5.89 Å². The Bertz CT molecular complexity index is 490. The fraction of sp³-hybridized carbons (Fsp3) is 0.538. The summed E-state index contributed by atoms with van der Waals surface area (Å²) in [6, 6.07) is 3.83. The van der Waals surface area contributed by atoms with Crippen molar-refractivity contribution in [2.75, 3.05) is 6.54 Å². The number of hydrogen-bond acceptors (Lipinski definition) is 5. The molecule has 1 unspecified atom stereocenters. The number of nitrogens with one attached hydrogen (secondary N) is 1. The lowest BCUT2D eigenvalue weighted by molar-refractivity contribution is 0.390. The van der Waals surface area contributed by atoms with Gasteiger partial charge in [-0.05, 0) is 38.4 Å². The van der Waals surface area contributed by atoms with E-state index in [0.29, 0.717) is 17.5 Å². The second kappa shape index (κ2) is 5.82. The summed E-state index contributed by atoms with van der Waals surface area (Å²) in [6.45, 7) is 7.05. The molecule has 2 aromatic rings. The van der Waals surface area contributed by atoms with E-state index < -0.39 is 0 Å². The summed E-state index contributed by atoms with van der Waals surface area (Å²) in [5.41, 5.74) is 0. The molecular formula is C13H19N3O2. The van der Waals surface area contributed by atoms with Crippen LogP contribution in [0.2, 0.25) is 0 Å². The summed E-state index contributed by atoms with van der Waals surface area (Å²) in [5, 5.41) is 11.5. The molecule has 2 heterocycles. The van der Waals surface area contributed by atoms with E-state index in [9.17, 15) is 0 Å². The Kier molecular flexibility index (Phi) is 4.15. The van der Waals surface area contributed by atoms with Gasteiger partial charge in [-0.1, -0.05) is 13.8 Å². The number of hydrogen-bond donors (Lipinski definition) is 1. The van der Waals surface area contributed by atoms with Crippen LogP contribution in [-0.4, -0.2) is 16.7 Å². The highest BCUT2D eigenvalue weighted by Gasteiger charge is 2.18. The van der Waals surface area contributed by atoms with Crippen molar-refractivity contribution in [3.63, 3.8) is 0 Å². The van der Waals surface area contributed by atoms with Gasteiger partial charge in [0.1, 0.15) is 5.76 Å².